The molecule has 0 aliphatic rings. The zero-order chi connectivity index (χ0) is 15.8. The van der Waals surface area contributed by atoms with Gasteiger partial charge in [-0.05, 0) is 50.5 Å². The molecule has 1 aromatic carbocycles. The van der Waals surface area contributed by atoms with Crippen LogP contribution >= 0.6 is 0 Å². The molecule has 1 rings (SSSR count). The summed E-state index contributed by atoms with van der Waals surface area (Å²) in [5.74, 6) is -0.667. The average molecular weight is 290 g/mol. The molecule has 0 saturated carbocycles. The van der Waals surface area contributed by atoms with Gasteiger partial charge in [-0.2, -0.15) is 0 Å². The van der Waals surface area contributed by atoms with Crippen LogP contribution in [0.3, 0.4) is 0 Å². The van der Waals surface area contributed by atoms with Crippen LogP contribution in [-0.2, 0) is 25.5 Å². The Hall–Kier alpha value is -2.10. The van der Waals surface area contributed by atoms with Gasteiger partial charge in [-0.1, -0.05) is 18.2 Å². The van der Waals surface area contributed by atoms with E-state index < -0.39 is 5.97 Å². The molecule has 0 fully saturated rings. The third kappa shape index (κ3) is 5.81. The summed E-state index contributed by atoms with van der Waals surface area (Å²) in [6.07, 6.45) is 3.09. The Morgan fingerprint density at radius 3 is 2.62 bits per heavy atom. The van der Waals surface area contributed by atoms with Crippen molar-refractivity contribution in [1.29, 1.82) is 0 Å². The Bertz CT molecular complexity index is 530. The van der Waals surface area contributed by atoms with E-state index in [9.17, 15) is 9.59 Å². The van der Waals surface area contributed by atoms with E-state index in [-0.39, 0.29) is 18.5 Å². The molecule has 0 aromatic heterocycles. The van der Waals surface area contributed by atoms with Crippen molar-refractivity contribution in [2.45, 2.75) is 40.2 Å². The summed E-state index contributed by atoms with van der Waals surface area (Å²) in [6.45, 7) is 7.66. The van der Waals surface area contributed by atoms with Gasteiger partial charge in [-0.25, -0.2) is 4.79 Å². The van der Waals surface area contributed by atoms with Gasteiger partial charge < -0.3 is 9.47 Å². The molecule has 0 unspecified atom stereocenters. The zero-order valence-electron chi connectivity index (χ0n) is 13.0. The lowest BCUT2D eigenvalue weighted by Crippen LogP contribution is -2.14. The standard InChI is InChI=1S/C17H22O4/c1-5-20-16(18)10-9-14-8-6-7-13(4)15(14)11-17(19)21-12(2)3/h6-10,12H,5,11H2,1-4H3/b10-9+. The average Bonchev–Trinajstić information content (AvgIpc) is 2.39. The topological polar surface area (TPSA) is 52.6 Å². The first kappa shape index (κ1) is 17.0. The van der Waals surface area contributed by atoms with E-state index in [0.717, 1.165) is 16.7 Å². The highest BCUT2D eigenvalue weighted by atomic mass is 16.5. The molecule has 114 valence electrons. The monoisotopic (exact) mass is 290 g/mol. The molecule has 0 spiro atoms. The summed E-state index contributed by atoms with van der Waals surface area (Å²) in [5.41, 5.74) is 2.68. The molecule has 0 atom stereocenters. The molecule has 0 bridgehead atoms. The van der Waals surface area contributed by atoms with Gasteiger partial charge in [0.05, 0.1) is 19.1 Å². The minimum atomic E-state index is -0.394. The zero-order valence-corrected chi connectivity index (χ0v) is 13.0. The Morgan fingerprint density at radius 1 is 1.29 bits per heavy atom. The molecule has 4 heteroatoms. The number of benzene rings is 1. The molecule has 21 heavy (non-hydrogen) atoms. The predicted molar refractivity (Wildman–Crippen MR) is 81.8 cm³/mol. The van der Waals surface area contributed by atoms with Crippen LogP contribution in [0.5, 0.6) is 0 Å². The SMILES string of the molecule is CCOC(=O)/C=C/c1cccc(C)c1CC(=O)OC(C)C. The van der Waals surface area contributed by atoms with Crippen molar-refractivity contribution in [2.75, 3.05) is 6.61 Å². The van der Waals surface area contributed by atoms with Crippen molar-refractivity contribution in [1.82, 2.24) is 0 Å². The fourth-order valence-corrected chi connectivity index (χ4v) is 1.92. The Labute approximate surface area is 125 Å². The molecule has 0 saturated heterocycles. The molecule has 0 aliphatic carbocycles. The number of carbonyl (C=O) groups excluding carboxylic acids is 2. The summed E-state index contributed by atoms with van der Waals surface area (Å²) in [4.78, 5) is 23.2. The Kier molecular flexibility index (Phi) is 6.66. The van der Waals surface area contributed by atoms with Gasteiger partial charge >= 0.3 is 11.9 Å². The van der Waals surface area contributed by atoms with E-state index in [0.29, 0.717) is 6.61 Å². The fraction of sp³-hybridized carbons (Fsp3) is 0.412. The Balaban J connectivity index is 2.92. The van der Waals surface area contributed by atoms with Crippen molar-refractivity contribution in [3.8, 4) is 0 Å². The molecular formula is C17H22O4. The van der Waals surface area contributed by atoms with E-state index >= 15 is 0 Å². The van der Waals surface area contributed by atoms with E-state index in [1.807, 2.05) is 39.0 Å². The van der Waals surface area contributed by atoms with Crippen LogP contribution in [0.25, 0.3) is 6.08 Å². The molecular weight excluding hydrogens is 268 g/mol. The van der Waals surface area contributed by atoms with Crippen molar-refractivity contribution in [2.24, 2.45) is 0 Å². The number of ether oxygens (including phenoxy) is 2. The maximum atomic E-state index is 11.8. The van der Waals surface area contributed by atoms with Gasteiger partial charge in [0.2, 0.25) is 0 Å². The highest BCUT2D eigenvalue weighted by molar-refractivity contribution is 5.87. The van der Waals surface area contributed by atoms with E-state index in [1.54, 1.807) is 13.0 Å². The minimum Gasteiger partial charge on any atom is -0.463 e. The number of rotatable bonds is 6. The second-order valence-corrected chi connectivity index (χ2v) is 4.94. The summed E-state index contributed by atoms with van der Waals surface area (Å²) < 4.78 is 10.0. The molecule has 0 aliphatic heterocycles. The maximum absolute atomic E-state index is 11.8. The summed E-state index contributed by atoms with van der Waals surface area (Å²) in [7, 11) is 0. The van der Waals surface area contributed by atoms with Gasteiger partial charge in [0.15, 0.2) is 0 Å². The largest absolute Gasteiger partial charge is 0.463 e. The van der Waals surface area contributed by atoms with Gasteiger partial charge in [-0.15, -0.1) is 0 Å². The van der Waals surface area contributed by atoms with E-state index in [1.165, 1.54) is 6.08 Å². The first-order valence-electron chi connectivity index (χ1n) is 7.06. The van der Waals surface area contributed by atoms with Crippen molar-refractivity contribution < 1.29 is 19.1 Å². The number of carbonyl (C=O) groups is 2. The fourth-order valence-electron chi connectivity index (χ4n) is 1.92. The van der Waals surface area contributed by atoms with Crippen LogP contribution < -0.4 is 0 Å². The maximum Gasteiger partial charge on any atom is 0.330 e. The van der Waals surface area contributed by atoms with E-state index in [4.69, 9.17) is 9.47 Å². The number of hydrogen-bond donors (Lipinski definition) is 0. The molecule has 0 amide bonds. The molecule has 1 aromatic rings. The van der Waals surface area contributed by atoms with Gasteiger partial charge in [-0.3, -0.25) is 4.79 Å². The lowest BCUT2D eigenvalue weighted by atomic mass is 9.98. The first-order chi connectivity index (χ1) is 9.93. The molecule has 4 nitrogen and oxygen atoms in total. The van der Waals surface area contributed by atoms with Crippen molar-refractivity contribution in [3.63, 3.8) is 0 Å². The summed E-state index contributed by atoms with van der Waals surface area (Å²) >= 11 is 0. The Morgan fingerprint density at radius 2 is 2.00 bits per heavy atom. The van der Waals surface area contributed by atoms with Crippen molar-refractivity contribution in [3.05, 3.63) is 41.0 Å². The normalized spacial score (nSPS) is 10.9. The second kappa shape index (κ2) is 8.25. The van der Waals surface area contributed by atoms with Gasteiger partial charge in [0, 0.05) is 6.08 Å². The number of aryl methyl sites for hydroxylation is 1. The smallest absolute Gasteiger partial charge is 0.330 e. The van der Waals surface area contributed by atoms with Crippen LogP contribution in [0.2, 0.25) is 0 Å². The first-order valence-corrected chi connectivity index (χ1v) is 7.06. The molecule has 0 heterocycles. The van der Waals surface area contributed by atoms with Crippen LogP contribution in [-0.4, -0.2) is 24.6 Å². The third-order valence-electron chi connectivity index (χ3n) is 2.82. The number of hydrogen-bond acceptors (Lipinski definition) is 4. The van der Waals surface area contributed by atoms with Crippen molar-refractivity contribution >= 4 is 18.0 Å². The van der Waals surface area contributed by atoms with Crippen LogP contribution in [0, 0.1) is 6.92 Å². The molecule has 0 radical (unpaired) electrons. The lowest BCUT2D eigenvalue weighted by molar-refractivity contribution is -0.146. The van der Waals surface area contributed by atoms with Gasteiger partial charge in [0.1, 0.15) is 0 Å². The van der Waals surface area contributed by atoms with E-state index in [2.05, 4.69) is 0 Å². The lowest BCUT2D eigenvalue weighted by Gasteiger charge is -2.12. The quantitative estimate of drug-likeness (QED) is 0.597. The summed E-state index contributed by atoms with van der Waals surface area (Å²) in [6, 6.07) is 5.68. The summed E-state index contributed by atoms with van der Waals surface area (Å²) in [5, 5.41) is 0. The van der Waals surface area contributed by atoms with Crippen LogP contribution in [0.4, 0.5) is 0 Å². The van der Waals surface area contributed by atoms with Crippen LogP contribution in [0.15, 0.2) is 24.3 Å². The second-order valence-electron chi connectivity index (χ2n) is 4.94. The minimum absolute atomic E-state index is 0.139. The highest BCUT2D eigenvalue weighted by Crippen LogP contribution is 2.17. The van der Waals surface area contributed by atoms with Crippen LogP contribution in [0.1, 0.15) is 37.5 Å². The third-order valence-corrected chi connectivity index (χ3v) is 2.82. The van der Waals surface area contributed by atoms with Gasteiger partial charge in [0.25, 0.3) is 0 Å². The highest BCUT2D eigenvalue weighted by Gasteiger charge is 2.12. The predicted octanol–water partition coefficient (Wildman–Crippen LogP) is 3.07. The molecule has 0 N–H and O–H groups in total. The number of esters is 2.